The van der Waals surface area contributed by atoms with Gasteiger partial charge in [-0.15, -0.1) is 0 Å². The molecule has 86 heavy (non-hydrogen) atoms. The highest BCUT2D eigenvalue weighted by atomic mass is 16.6. The quantitative estimate of drug-likeness (QED) is 0.0254. The van der Waals surface area contributed by atoms with Gasteiger partial charge in [0, 0.05) is 25.8 Å². The minimum atomic E-state index is -1.11. The second kappa shape index (κ2) is 46.2. The lowest BCUT2D eigenvalue weighted by atomic mass is 9.80. The number of carbonyl (C=O) groups excluding carboxylic acids is 4. The molecule has 0 saturated carbocycles. The minimum absolute atomic E-state index is 0.0111. The molecule has 1 aliphatic rings. The number of benzene rings is 3. The van der Waals surface area contributed by atoms with Crippen molar-refractivity contribution in [3.8, 4) is 11.5 Å². The summed E-state index contributed by atoms with van der Waals surface area (Å²) in [5.41, 5.74) is 1.52. The van der Waals surface area contributed by atoms with Crippen molar-refractivity contribution in [3.05, 3.63) is 144 Å². The third-order valence-corrected chi connectivity index (χ3v) is 16.4. The zero-order valence-corrected chi connectivity index (χ0v) is 53.9. The van der Waals surface area contributed by atoms with Gasteiger partial charge in [-0.05, 0) is 151 Å². The Kier molecular flexibility index (Phi) is 39.0. The number of unbranched alkanes of at least 4 members (excludes halogenated alkanes) is 20. The molecule has 0 radical (unpaired) electrons. The number of amides is 2. The first-order valence-corrected chi connectivity index (χ1v) is 33.6. The highest BCUT2D eigenvalue weighted by Crippen LogP contribution is 2.42. The Hall–Kier alpha value is -5.94. The maximum atomic E-state index is 14.3. The summed E-state index contributed by atoms with van der Waals surface area (Å²) in [4.78, 5) is 54.1. The Morgan fingerprint density at radius 3 is 1.50 bits per heavy atom. The fraction of sp³-hybridized carbons (Fsp3) is 0.600. The van der Waals surface area contributed by atoms with Gasteiger partial charge in [-0.1, -0.05) is 201 Å². The normalized spacial score (nSPS) is 14.6. The summed E-state index contributed by atoms with van der Waals surface area (Å²) >= 11 is 0. The second-order valence-electron chi connectivity index (χ2n) is 23.6. The van der Waals surface area contributed by atoms with Gasteiger partial charge < -0.3 is 38.7 Å². The zero-order chi connectivity index (χ0) is 61.6. The van der Waals surface area contributed by atoms with Crippen LogP contribution in [0.15, 0.2) is 127 Å². The van der Waals surface area contributed by atoms with E-state index in [0.717, 1.165) is 87.3 Å². The number of ether oxygens (including phenoxy) is 5. The van der Waals surface area contributed by atoms with Crippen LogP contribution in [0.2, 0.25) is 0 Å². The third kappa shape index (κ3) is 30.1. The third-order valence-electron chi connectivity index (χ3n) is 16.4. The number of nitrogens with zero attached hydrogens (tertiary/aromatic N) is 1. The van der Waals surface area contributed by atoms with Crippen LogP contribution in [0.3, 0.4) is 0 Å². The van der Waals surface area contributed by atoms with E-state index in [4.69, 9.17) is 23.7 Å². The van der Waals surface area contributed by atoms with Crippen LogP contribution in [0.1, 0.15) is 249 Å². The molecule has 476 valence electrons. The van der Waals surface area contributed by atoms with Crippen molar-refractivity contribution < 1.29 is 42.9 Å². The van der Waals surface area contributed by atoms with Crippen molar-refractivity contribution >= 4 is 23.8 Å². The van der Waals surface area contributed by atoms with Gasteiger partial charge in [-0.2, -0.15) is 0 Å². The summed E-state index contributed by atoms with van der Waals surface area (Å²) in [6, 6.07) is 25.3. The number of hydrogen-bond acceptors (Lipinski definition) is 9. The van der Waals surface area contributed by atoms with Gasteiger partial charge in [0.1, 0.15) is 35.1 Å². The van der Waals surface area contributed by atoms with Crippen LogP contribution in [0.4, 0.5) is 4.79 Å². The number of methoxy groups -OCH3 is 2. The molecule has 1 aliphatic heterocycles. The van der Waals surface area contributed by atoms with E-state index in [1.807, 2.05) is 78.9 Å². The van der Waals surface area contributed by atoms with E-state index in [2.05, 4.69) is 67.8 Å². The van der Waals surface area contributed by atoms with Gasteiger partial charge in [0.15, 0.2) is 0 Å². The molecule has 3 aromatic carbocycles. The standard InChI is InChI=1S/C75H112N2O9/c1-6-8-10-12-14-16-18-20-22-24-26-28-30-32-34-40-46-70(47-41-35-33-31-29-27-25-23-21-19-17-15-13-11-9-7-2)86-74(81)76-59-43-37-42-48-72(79)77-61-71(85-73(80)58-49-63(3)78)60-67(77)62-84-75(64-44-38-36-39-45-64,65-50-54-68(82-4)55-51-65)66-52-56-69(83-5)57-53-66/h14-17,20-23,36,38-39,44-45,50-57,67,70-71H,6-13,18-19,24-35,37,40-43,46-49,58-62H2,1-5H3,(H,76,81)/b16-14-,17-15-,22-20-,23-21-/t67-,71+/m0/s1. The predicted octanol–water partition coefficient (Wildman–Crippen LogP) is 19.0. The van der Waals surface area contributed by atoms with Crippen LogP contribution in [-0.4, -0.2) is 80.8 Å². The van der Waals surface area contributed by atoms with Gasteiger partial charge in [0.05, 0.1) is 39.8 Å². The first-order chi connectivity index (χ1) is 42.1. The number of carbonyl (C=O) groups is 4. The smallest absolute Gasteiger partial charge is 0.407 e. The largest absolute Gasteiger partial charge is 0.497 e. The number of nitrogens with one attached hydrogen (secondary N) is 1. The number of Topliss-reactive ketones (excluding diaryl/α,β-unsaturated/α-hetero) is 1. The monoisotopic (exact) mass is 1180 g/mol. The number of esters is 1. The maximum absolute atomic E-state index is 14.3. The molecule has 1 N–H and O–H groups in total. The van der Waals surface area contributed by atoms with Gasteiger partial charge in [-0.25, -0.2) is 4.79 Å². The summed E-state index contributed by atoms with van der Waals surface area (Å²) in [7, 11) is 3.27. The Balaban J connectivity index is 1.29. The number of hydrogen-bond donors (Lipinski definition) is 1. The summed E-state index contributed by atoms with van der Waals surface area (Å²) in [6.45, 7) is 6.78. The summed E-state index contributed by atoms with van der Waals surface area (Å²) in [5.74, 6) is 0.819. The number of alkyl carbamates (subject to hydrolysis) is 1. The van der Waals surface area contributed by atoms with E-state index in [-0.39, 0.29) is 56.3 Å². The van der Waals surface area contributed by atoms with Crippen LogP contribution in [0.5, 0.6) is 11.5 Å². The van der Waals surface area contributed by atoms with Gasteiger partial charge in [0.25, 0.3) is 0 Å². The highest BCUT2D eigenvalue weighted by molar-refractivity contribution is 5.81. The lowest BCUT2D eigenvalue weighted by Crippen LogP contribution is -2.42. The first-order valence-electron chi connectivity index (χ1n) is 33.6. The molecule has 0 bridgehead atoms. The van der Waals surface area contributed by atoms with Crippen molar-refractivity contribution in [2.45, 2.75) is 257 Å². The SMILES string of the molecule is CCCCC/C=C\C/C=C\CCCCCCCCC(CCCCCCCC/C=C\C/C=C\CCCCC)OC(=O)NCCCCCC(=O)N1C[C@H](OC(=O)CCC(C)=O)C[C@H]1COC(c1ccccc1)(c1ccc(OC)cc1)c1ccc(OC)cc1. The average molecular weight is 1190 g/mol. The number of allylic oxidation sites excluding steroid dienone is 8. The lowest BCUT2D eigenvalue weighted by molar-refractivity contribution is -0.150. The van der Waals surface area contributed by atoms with E-state index < -0.39 is 23.7 Å². The molecule has 3 aromatic rings. The van der Waals surface area contributed by atoms with Crippen molar-refractivity contribution in [2.24, 2.45) is 0 Å². The number of ketones is 1. The van der Waals surface area contributed by atoms with Crippen molar-refractivity contribution in [1.29, 1.82) is 0 Å². The molecule has 0 aliphatic carbocycles. The summed E-state index contributed by atoms with van der Waals surface area (Å²) in [6.07, 6.45) is 51.0. The van der Waals surface area contributed by atoms with Crippen molar-refractivity contribution in [1.82, 2.24) is 10.2 Å². The lowest BCUT2D eigenvalue weighted by Gasteiger charge is -2.38. The second-order valence-corrected chi connectivity index (χ2v) is 23.6. The molecule has 4 rings (SSSR count). The number of rotatable bonds is 49. The molecular formula is C75H112N2O9. The Morgan fingerprint density at radius 1 is 0.547 bits per heavy atom. The van der Waals surface area contributed by atoms with Crippen LogP contribution in [0, 0.1) is 0 Å². The fourth-order valence-electron chi connectivity index (χ4n) is 11.3. The first kappa shape index (κ1) is 72.5. The molecule has 0 aromatic heterocycles. The molecule has 0 unspecified atom stereocenters. The molecular weight excluding hydrogens is 1070 g/mol. The number of likely N-dealkylation sites (tertiary alicyclic amines) is 1. The molecule has 11 nitrogen and oxygen atoms in total. The molecule has 11 heteroatoms. The van der Waals surface area contributed by atoms with Gasteiger partial charge >= 0.3 is 12.1 Å². The van der Waals surface area contributed by atoms with Crippen molar-refractivity contribution in [3.63, 3.8) is 0 Å². The van der Waals surface area contributed by atoms with Crippen LogP contribution < -0.4 is 14.8 Å². The Bertz CT molecular complexity index is 2280. The van der Waals surface area contributed by atoms with Crippen LogP contribution >= 0.6 is 0 Å². The Labute approximate surface area is 520 Å². The summed E-state index contributed by atoms with van der Waals surface area (Å²) in [5, 5.41) is 3.03. The van der Waals surface area contributed by atoms with Gasteiger partial charge in [-0.3, -0.25) is 9.59 Å². The van der Waals surface area contributed by atoms with E-state index in [9.17, 15) is 19.2 Å². The van der Waals surface area contributed by atoms with E-state index in [1.54, 1.807) is 19.1 Å². The fourth-order valence-corrected chi connectivity index (χ4v) is 11.3. The average Bonchev–Trinajstić information content (AvgIpc) is 2.69. The zero-order valence-electron chi connectivity index (χ0n) is 53.9. The van der Waals surface area contributed by atoms with E-state index in [1.165, 1.54) is 110 Å². The maximum Gasteiger partial charge on any atom is 0.407 e. The van der Waals surface area contributed by atoms with Crippen molar-refractivity contribution in [2.75, 3.05) is 33.9 Å². The minimum Gasteiger partial charge on any atom is -0.497 e. The molecule has 2 amide bonds. The van der Waals surface area contributed by atoms with E-state index >= 15 is 0 Å². The molecule has 1 saturated heterocycles. The Morgan fingerprint density at radius 2 is 1.01 bits per heavy atom. The van der Waals surface area contributed by atoms with Crippen LogP contribution in [0.25, 0.3) is 0 Å². The molecule has 0 spiro atoms. The predicted molar refractivity (Wildman–Crippen MR) is 353 cm³/mol. The van der Waals surface area contributed by atoms with Crippen LogP contribution in [-0.2, 0) is 34.2 Å². The molecule has 1 heterocycles. The highest BCUT2D eigenvalue weighted by Gasteiger charge is 2.42. The molecule has 2 atom stereocenters. The summed E-state index contributed by atoms with van der Waals surface area (Å²) < 4.78 is 30.4. The van der Waals surface area contributed by atoms with E-state index in [0.29, 0.717) is 37.3 Å². The topological polar surface area (TPSA) is 130 Å². The molecule has 1 fully saturated rings. The van der Waals surface area contributed by atoms with Gasteiger partial charge in [0.2, 0.25) is 5.91 Å².